The van der Waals surface area contributed by atoms with E-state index in [2.05, 4.69) is 4.74 Å². The lowest BCUT2D eigenvalue weighted by molar-refractivity contribution is -0.141. The smallest absolute Gasteiger partial charge is 0.334 e. The van der Waals surface area contributed by atoms with E-state index in [-0.39, 0.29) is 11.4 Å². The topological polar surface area (TPSA) is 89.7 Å². The van der Waals surface area contributed by atoms with Gasteiger partial charge < -0.3 is 10.5 Å². The molecule has 0 radical (unpaired) electrons. The van der Waals surface area contributed by atoms with Gasteiger partial charge in [0, 0.05) is 18.0 Å². The predicted octanol–water partition coefficient (Wildman–Crippen LogP) is 0.505. The van der Waals surface area contributed by atoms with Gasteiger partial charge in [-0.15, -0.1) is 11.8 Å². The van der Waals surface area contributed by atoms with Crippen molar-refractivity contribution in [3.63, 3.8) is 0 Å². The molecule has 1 aliphatic rings. The Hall–Kier alpha value is -1.25. The van der Waals surface area contributed by atoms with Crippen molar-refractivity contribution < 1.29 is 17.9 Å². The molecule has 1 aromatic rings. The fourth-order valence-corrected chi connectivity index (χ4v) is 4.85. The van der Waals surface area contributed by atoms with Crippen LogP contribution in [-0.4, -0.2) is 43.5 Å². The molecule has 1 aliphatic heterocycles. The maximum atomic E-state index is 12.4. The summed E-state index contributed by atoms with van der Waals surface area (Å²) in [4.78, 5) is 11.7. The monoisotopic (exact) mass is 302 g/mol. The number of carbonyl (C=O) groups excluding carboxylic acids is 1. The zero-order chi connectivity index (χ0) is 14.0. The predicted molar refractivity (Wildman–Crippen MR) is 73.0 cm³/mol. The van der Waals surface area contributed by atoms with E-state index in [1.165, 1.54) is 43.1 Å². The summed E-state index contributed by atoms with van der Waals surface area (Å²) in [5.74, 6) is 0.00931. The first-order chi connectivity index (χ1) is 8.96. The third-order valence-electron chi connectivity index (χ3n) is 2.74. The summed E-state index contributed by atoms with van der Waals surface area (Å²) >= 11 is 1.26. The van der Waals surface area contributed by atoms with Gasteiger partial charge in [-0.2, -0.15) is 4.31 Å². The van der Waals surface area contributed by atoms with Gasteiger partial charge in [0.05, 0.1) is 12.0 Å². The average molecular weight is 302 g/mol. The average Bonchev–Trinajstić information content (AvgIpc) is 2.88. The zero-order valence-corrected chi connectivity index (χ0v) is 11.9. The molecular weight excluding hydrogens is 288 g/mol. The number of esters is 1. The Morgan fingerprint density at radius 3 is 2.63 bits per heavy atom. The number of hydrogen-bond donors (Lipinski definition) is 1. The Bertz CT molecular complexity index is 571. The van der Waals surface area contributed by atoms with Crippen molar-refractivity contribution >= 4 is 33.4 Å². The SMILES string of the molecule is COC(=O)[C@@H]1SCCN1S(=O)(=O)c1ccc(N)cc1. The molecular formula is C11H14N2O4S2. The van der Waals surface area contributed by atoms with E-state index in [4.69, 9.17) is 5.73 Å². The van der Waals surface area contributed by atoms with Crippen molar-refractivity contribution in [3.8, 4) is 0 Å². The minimum atomic E-state index is -3.70. The van der Waals surface area contributed by atoms with Crippen LogP contribution < -0.4 is 5.73 Å². The number of hydrogen-bond acceptors (Lipinski definition) is 6. The summed E-state index contributed by atoms with van der Waals surface area (Å²) < 4.78 is 30.7. The third kappa shape index (κ3) is 2.70. The van der Waals surface area contributed by atoms with Crippen LogP contribution in [0.3, 0.4) is 0 Å². The van der Waals surface area contributed by atoms with Gasteiger partial charge in [0.15, 0.2) is 5.37 Å². The van der Waals surface area contributed by atoms with Crippen molar-refractivity contribution in [2.24, 2.45) is 0 Å². The lowest BCUT2D eigenvalue weighted by atomic mass is 10.3. The van der Waals surface area contributed by atoms with Gasteiger partial charge in [-0.05, 0) is 24.3 Å². The molecule has 0 spiro atoms. The Labute approximate surface area is 116 Å². The van der Waals surface area contributed by atoms with Crippen LogP contribution in [0.5, 0.6) is 0 Å². The summed E-state index contributed by atoms with van der Waals surface area (Å²) in [7, 11) is -2.46. The molecule has 0 amide bonds. The number of benzene rings is 1. The Morgan fingerprint density at radius 1 is 1.42 bits per heavy atom. The van der Waals surface area contributed by atoms with Crippen molar-refractivity contribution in [3.05, 3.63) is 24.3 Å². The number of nitrogens with zero attached hydrogens (tertiary/aromatic N) is 1. The number of rotatable bonds is 3. The first-order valence-corrected chi connectivity index (χ1v) is 8.02. The van der Waals surface area contributed by atoms with E-state index in [9.17, 15) is 13.2 Å². The summed E-state index contributed by atoms with van der Waals surface area (Å²) in [6.45, 7) is 0.289. The lowest BCUT2D eigenvalue weighted by Crippen LogP contribution is -2.39. The highest BCUT2D eigenvalue weighted by molar-refractivity contribution is 8.02. The molecule has 104 valence electrons. The molecule has 8 heteroatoms. The van der Waals surface area contributed by atoms with Crippen LogP contribution in [0.2, 0.25) is 0 Å². The molecule has 0 unspecified atom stereocenters. The van der Waals surface area contributed by atoms with Crippen LogP contribution in [0.1, 0.15) is 0 Å². The van der Waals surface area contributed by atoms with Crippen molar-refractivity contribution in [1.29, 1.82) is 0 Å². The second kappa shape index (κ2) is 5.40. The van der Waals surface area contributed by atoms with Gasteiger partial charge in [-0.25, -0.2) is 13.2 Å². The normalized spacial score (nSPS) is 20.4. The van der Waals surface area contributed by atoms with Gasteiger partial charge in [-0.3, -0.25) is 0 Å². The lowest BCUT2D eigenvalue weighted by Gasteiger charge is -2.21. The molecule has 1 saturated heterocycles. The highest BCUT2D eigenvalue weighted by Gasteiger charge is 2.40. The van der Waals surface area contributed by atoms with E-state index in [1.807, 2.05) is 0 Å². The first kappa shape index (κ1) is 14.2. The molecule has 19 heavy (non-hydrogen) atoms. The summed E-state index contributed by atoms with van der Waals surface area (Å²) in [5.41, 5.74) is 6.02. The quantitative estimate of drug-likeness (QED) is 0.646. The number of ether oxygens (including phenoxy) is 1. The molecule has 2 rings (SSSR count). The minimum Gasteiger partial charge on any atom is -0.467 e. The van der Waals surface area contributed by atoms with Gasteiger partial charge in [-0.1, -0.05) is 0 Å². The van der Waals surface area contributed by atoms with Crippen LogP contribution in [-0.2, 0) is 19.6 Å². The minimum absolute atomic E-state index is 0.123. The van der Waals surface area contributed by atoms with E-state index in [1.54, 1.807) is 0 Å². The van der Waals surface area contributed by atoms with Gasteiger partial charge in [0.25, 0.3) is 0 Å². The highest BCUT2D eigenvalue weighted by Crippen LogP contribution is 2.30. The van der Waals surface area contributed by atoms with Crippen molar-refractivity contribution in [2.75, 3.05) is 25.1 Å². The van der Waals surface area contributed by atoms with E-state index < -0.39 is 21.4 Å². The Morgan fingerprint density at radius 2 is 2.05 bits per heavy atom. The van der Waals surface area contributed by atoms with Crippen molar-refractivity contribution in [1.82, 2.24) is 4.31 Å². The zero-order valence-electron chi connectivity index (χ0n) is 10.3. The number of anilines is 1. The third-order valence-corrected chi connectivity index (χ3v) is 5.93. The number of sulfonamides is 1. The van der Waals surface area contributed by atoms with Crippen LogP contribution in [0.15, 0.2) is 29.2 Å². The fraction of sp³-hybridized carbons (Fsp3) is 0.364. The number of carbonyl (C=O) groups is 1. The number of nitrogen functional groups attached to an aromatic ring is 1. The van der Waals surface area contributed by atoms with Crippen LogP contribution in [0.4, 0.5) is 5.69 Å². The molecule has 1 fully saturated rings. The summed E-state index contributed by atoms with van der Waals surface area (Å²) in [6, 6.07) is 5.90. The van der Waals surface area contributed by atoms with Crippen LogP contribution in [0, 0.1) is 0 Å². The molecule has 0 aromatic heterocycles. The highest BCUT2D eigenvalue weighted by atomic mass is 32.2. The second-order valence-corrected chi connectivity index (χ2v) is 7.01. The van der Waals surface area contributed by atoms with Gasteiger partial charge >= 0.3 is 5.97 Å². The summed E-state index contributed by atoms with van der Waals surface area (Å²) in [6.07, 6.45) is 0. The molecule has 1 heterocycles. The number of thioether (sulfide) groups is 1. The molecule has 0 aliphatic carbocycles. The largest absolute Gasteiger partial charge is 0.467 e. The summed E-state index contributed by atoms with van der Waals surface area (Å²) in [5, 5.41) is -0.812. The Kier molecular flexibility index (Phi) is 4.02. The maximum Gasteiger partial charge on any atom is 0.334 e. The van der Waals surface area contributed by atoms with Crippen LogP contribution in [0.25, 0.3) is 0 Å². The van der Waals surface area contributed by atoms with Crippen molar-refractivity contribution in [2.45, 2.75) is 10.3 Å². The van der Waals surface area contributed by atoms with E-state index in [0.29, 0.717) is 11.4 Å². The molecule has 6 nitrogen and oxygen atoms in total. The molecule has 0 saturated carbocycles. The molecule has 0 bridgehead atoms. The first-order valence-electron chi connectivity index (χ1n) is 5.53. The molecule has 1 aromatic carbocycles. The fourth-order valence-electron chi connectivity index (χ4n) is 1.76. The van der Waals surface area contributed by atoms with E-state index >= 15 is 0 Å². The Balaban J connectivity index is 2.33. The van der Waals surface area contributed by atoms with E-state index in [0.717, 1.165) is 4.31 Å². The molecule has 1 atom stereocenters. The van der Waals surface area contributed by atoms with Crippen LogP contribution >= 0.6 is 11.8 Å². The van der Waals surface area contributed by atoms with Gasteiger partial charge in [0.1, 0.15) is 0 Å². The second-order valence-electron chi connectivity index (χ2n) is 3.93. The number of nitrogens with two attached hydrogens (primary N) is 1. The molecule has 2 N–H and O–H groups in total. The standard InChI is InChI=1S/C11H14N2O4S2/c1-17-11(14)10-13(6-7-18-10)19(15,16)9-4-2-8(12)3-5-9/h2-5,10H,6-7,12H2,1H3/t10-/m0/s1. The van der Waals surface area contributed by atoms with Gasteiger partial charge in [0.2, 0.25) is 10.0 Å². The maximum absolute atomic E-state index is 12.4. The number of methoxy groups -OCH3 is 1.